The second-order valence-corrected chi connectivity index (χ2v) is 5.61. The molecule has 1 aromatic carbocycles. The van der Waals surface area contributed by atoms with Gasteiger partial charge in [-0.1, -0.05) is 18.2 Å². The topological polar surface area (TPSA) is 66.9 Å². The van der Waals surface area contributed by atoms with Crippen LogP contribution in [-0.2, 0) is 25.5 Å². The molecule has 0 atom stereocenters. The highest BCUT2D eigenvalue weighted by atomic mass is 19.1. The van der Waals surface area contributed by atoms with Crippen molar-refractivity contribution < 1.29 is 23.5 Å². The highest BCUT2D eigenvalue weighted by Crippen LogP contribution is 2.11. The van der Waals surface area contributed by atoms with Gasteiger partial charge in [0.2, 0.25) is 11.8 Å². The molecule has 0 aromatic heterocycles. The summed E-state index contributed by atoms with van der Waals surface area (Å²) in [6, 6.07) is 6.21. The molecule has 0 aliphatic carbocycles. The molecule has 6 nitrogen and oxygen atoms in total. The molecule has 1 heterocycles. The molecule has 24 heavy (non-hydrogen) atoms. The summed E-state index contributed by atoms with van der Waals surface area (Å²) in [5.41, 5.74) is 0.374. The Morgan fingerprint density at radius 3 is 2.17 bits per heavy atom. The standard InChI is InChI=1S/C17H21FN2O4/c1-24-17(23)7-6-15(21)19-8-10-20(11-9-19)16(22)12-13-4-2-3-5-14(13)18/h2-5H,6-12H2,1H3. The van der Waals surface area contributed by atoms with Crippen molar-refractivity contribution in [1.29, 1.82) is 0 Å². The summed E-state index contributed by atoms with van der Waals surface area (Å²) < 4.78 is 18.1. The molecule has 1 saturated heterocycles. The van der Waals surface area contributed by atoms with E-state index in [1.165, 1.54) is 13.2 Å². The lowest BCUT2D eigenvalue weighted by molar-refractivity contribution is -0.144. The van der Waals surface area contributed by atoms with Crippen LogP contribution in [0.4, 0.5) is 4.39 Å². The highest BCUT2D eigenvalue weighted by Gasteiger charge is 2.24. The van der Waals surface area contributed by atoms with E-state index >= 15 is 0 Å². The first-order valence-electron chi connectivity index (χ1n) is 7.87. The molecule has 1 aliphatic heterocycles. The van der Waals surface area contributed by atoms with Gasteiger partial charge in [0.25, 0.3) is 0 Å². The number of nitrogens with zero attached hydrogens (tertiary/aromatic N) is 2. The van der Waals surface area contributed by atoms with E-state index in [1.54, 1.807) is 28.0 Å². The second-order valence-electron chi connectivity index (χ2n) is 5.61. The molecule has 0 radical (unpaired) electrons. The van der Waals surface area contributed by atoms with E-state index in [0.717, 1.165) is 0 Å². The molecule has 1 fully saturated rings. The first kappa shape index (κ1) is 17.9. The minimum atomic E-state index is -0.415. The van der Waals surface area contributed by atoms with Crippen LogP contribution < -0.4 is 0 Å². The largest absolute Gasteiger partial charge is 0.469 e. The third kappa shape index (κ3) is 4.78. The average Bonchev–Trinajstić information content (AvgIpc) is 2.61. The zero-order chi connectivity index (χ0) is 17.5. The first-order chi connectivity index (χ1) is 11.5. The SMILES string of the molecule is COC(=O)CCC(=O)N1CCN(C(=O)Cc2ccccc2F)CC1. The van der Waals surface area contributed by atoms with Crippen molar-refractivity contribution in [2.45, 2.75) is 19.3 Å². The Balaban J connectivity index is 1.79. The minimum absolute atomic E-state index is 0.0168. The third-order valence-corrected chi connectivity index (χ3v) is 4.06. The van der Waals surface area contributed by atoms with Gasteiger partial charge in [0.05, 0.1) is 20.0 Å². The number of methoxy groups -OCH3 is 1. The maximum absolute atomic E-state index is 13.6. The van der Waals surface area contributed by atoms with Crippen LogP contribution in [0.3, 0.4) is 0 Å². The molecule has 1 aliphatic rings. The molecule has 0 N–H and O–H groups in total. The van der Waals surface area contributed by atoms with Crippen LogP contribution in [0, 0.1) is 5.82 Å². The normalized spacial score (nSPS) is 14.4. The molecule has 1 aromatic rings. The Labute approximate surface area is 140 Å². The monoisotopic (exact) mass is 336 g/mol. The molecular weight excluding hydrogens is 315 g/mol. The first-order valence-corrected chi connectivity index (χ1v) is 7.87. The van der Waals surface area contributed by atoms with Crippen molar-refractivity contribution in [1.82, 2.24) is 9.80 Å². The zero-order valence-corrected chi connectivity index (χ0v) is 13.7. The number of esters is 1. The van der Waals surface area contributed by atoms with E-state index in [9.17, 15) is 18.8 Å². The van der Waals surface area contributed by atoms with Gasteiger partial charge in [0, 0.05) is 32.6 Å². The lowest BCUT2D eigenvalue weighted by Crippen LogP contribution is -2.51. The lowest BCUT2D eigenvalue weighted by atomic mass is 10.1. The summed E-state index contributed by atoms with van der Waals surface area (Å²) in [4.78, 5) is 38.6. The lowest BCUT2D eigenvalue weighted by Gasteiger charge is -2.35. The quantitative estimate of drug-likeness (QED) is 0.752. The van der Waals surface area contributed by atoms with E-state index < -0.39 is 5.97 Å². The molecular formula is C17H21FN2O4. The third-order valence-electron chi connectivity index (χ3n) is 4.06. The van der Waals surface area contributed by atoms with Crippen LogP contribution in [0.1, 0.15) is 18.4 Å². The Bertz CT molecular complexity index is 612. The van der Waals surface area contributed by atoms with E-state index in [1.807, 2.05) is 0 Å². The van der Waals surface area contributed by atoms with Gasteiger partial charge in [-0.3, -0.25) is 14.4 Å². The fraction of sp³-hybridized carbons (Fsp3) is 0.471. The molecule has 7 heteroatoms. The summed E-state index contributed by atoms with van der Waals surface area (Å²) in [6.45, 7) is 1.67. The summed E-state index contributed by atoms with van der Waals surface area (Å²) in [6.07, 6.45) is 0.181. The van der Waals surface area contributed by atoms with Crippen LogP contribution in [0.15, 0.2) is 24.3 Å². The fourth-order valence-corrected chi connectivity index (χ4v) is 2.59. The predicted octanol–water partition coefficient (Wildman–Crippen LogP) is 0.992. The minimum Gasteiger partial charge on any atom is -0.469 e. The molecule has 130 valence electrons. The predicted molar refractivity (Wildman–Crippen MR) is 84.5 cm³/mol. The smallest absolute Gasteiger partial charge is 0.306 e. The molecule has 0 spiro atoms. The van der Waals surface area contributed by atoms with Gasteiger partial charge in [-0.2, -0.15) is 0 Å². The molecule has 2 amide bonds. The van der Waals surface area contributed by atoms with Gasteiger partial charge in [0.15, 0.2) is 0 Å². The zero-order valence-electron chi connectivity index (χ0n) is 13.7. The van der Waals surface area contributed by atoms with Gasteiger partial charge in [0.1, 0.15) is 5.82 Å². The van der Waals surface area contributed by atoms with Crippen LogP contribution in [0.25, 0.3) is 0 Å². The maximum atomic E-state index is 13.6. The number of amides is 2. The Kier molecular flexibility index (Phi) is 6.28. The summed E-state index contributed by atoms with van der Waals surface area (Å²) in [5, 5.41) is 0. The van der Waals surface area contributed by atoms with E-state index in [0.29, 0.717) is 31.7 Å². The van der Waals surface area contributed by atoms with Gasteiger partial charge in [-0.15, -0.1) is 0 Å². The number of benzene rings is 1. The number of halogens is 1. The van der Waals surface area contributed by atoms with E-state index in [4.69, 9.17) is 0 Å². The second kappa shape index (κ2) is 8.42. The van der Waals surface area contributed by atoms with Crippen molar-refractivity contribution in [3.05, 3.63) is 35.6 Å². The molecule has 0 unspecified atom stereocenters. The Hall–Kier alpha value is -2.44. The summed E-state index contributed by atoms with van der Waals surface area (Å²) in [7, 11) is 1.28. The van der Waals surface area contributed by atoms with Crippen molar-refractivity contribution in [2.75, 3.05) is 33.3 Å². The van der Waals surface area contributed by atoms with Crippen LogP contribution in [0.2, 0.25) is 0 Å². The van der Waals surface area contributed by atoms with Crippen molar-refractivity contribution in [3.8, 4) is 0 Å². The van der Waals surface area contributed by atoms with Gasteiger partial charge >= 0.3 is 5.97 Å². The number of hydrogen-bond donors (Lipinski definition) is 0. The van der Waals surface area contributed by atoms with Crippen molar-refractivity contribution >= 4 is 17.8 Å². The number of carbonyl (C=O) groups is 3. The molecule has 0 saturated carbocycles. The summed E-state index contributed by atoms with van der Waals surface area (Å²) in [5.74, 6) is -1.08. The number of carbonyl (C=O) groups excluding carboxylic acids is 3. The maximum Gasteiger partial charge on any atom is 0.306 e. The average molecular weight is 336 g/mol. The van der Waals surface area contributed by atoms with Crippen LogP contribution in [0.5, 0.6) is 0 Å². The van der Waals surface area contributed by atoms with E-state index in [2.05, 4.69) is 4.74 Å². The Morgan fingerprint density at radius 2 is 1.58 bits per heavy atom. The number of rotatable bonds is 5. The van der Waals surface area contributed by atoms with Gasteiger partial charge < -0.3 is 14.5 Å². The highest BCUT2D eigenvalue weighted by molar-refractivity contribution is 5.82. The van der Waals surface area contributed by atoms with Crippen molar-refractivity contribution in [2.24, 2.45) is 0 Å². The number of ether oxygens (including phenoxy) is 1. The fourth-order valence-electron chi connectivity index (χ4n) is 2.59. The van der Waals surface area contributed by atoms with Crippen LogP contribution in [-0.4, -0.2) is 60.9 Å². The van der Waals surface area contributed by atoms with Crippen LogP contribution >= 0.6 is 0 Å². The van der Waals surface area contributed by atoms with Gasteiger partial charge in [-0.25, -0.2) is 4.39 Å². The van der Waals surface area contributed by atoms with Crippen molar-refractivity contribution in [3.63, 3.8) is 0 Å². The van der Waals surface area contributed by atoms with E-state index in [-0.39, 0.29) is 36.9 Å². The molecule has 0 bridgehead atoms. The number of hydrogen-bond acceptors (Lipinski definition) is 4. The molecule has 2 rings (SSSR count). The number of piperazine rings is 1. The Morgan fingerprint density at radius 1 is 1.00 bits per heavy atom. The summed E-state index contributed by atoms with van der Waals surface area (Å²) >= 11 is 0. The van der Waals surface area contributed by atoms with Gasteiger partial charge in [-0.05, 0) is 11.6 Å².